The van der Waals surface area contributed by atoms with Crippen molar-refractivity contribution in [1.82, 2.24) is 10.2 Å². The molecule has 0 saturated carbocycles. The van der Waals surface area contributed by atoms with E-state index in [2.05, 4.69) is 95.4 Å². The number of rotatable bonds is 12. The Hall–Kier alpha value is -3.09. The average Bonchev–Trinajstić information content (AvgIpc) is 3.38. The molecule has 2 aromatic carbocycles. The van der Waals surface area contributed by atoms with Gasteiger partial charge in [0.15, 0.2) is 0 Å². The highest BCUT2D eigenvalue weighted by Crippen LogP contribution is 2.28. The number of thiophene rings is 1. The topological polar surface area (TPSA) is 50.8 Å². The Morgan fingerprint density at radius 2 is 1.86 bits per heavy atom. The molecular formula is C31H42N2O3S. The van der Waals surface area contributed by atoms with Crippen molar-refractivity contribution >= 4 is 23.5 Å². The van der Waals surface area contributed by atoms with E-state index in [-0.39, 0.29) is 5.60 Å². The predicted molar refractivity (Wildman–Crippen MR) is 156 cm³/mol. The molecule has 0 aliphatic heterocycles. The molecule has 6 heteroatoms. The van der Waals surface area contributed by atoms with Crippen LogP contribution in [0.3, 0.4) is 0 Å². The molecule has 0 aliphatic carbocycles. The Balaban J connectivity index is 0.000000604. The summed E-state index contributed by atoms with van der Waals surface area (Å²) in [6.07, 6.45) is 0.922. The predicted octanol–water partition coefficient (Wildman–Crippen LogP) is 6.85. The maximum Gasteiger partial charge on any atom is 0.293 e. The summed E-state index contributed by atoms with van der Waals surface area (Å²) in [5.41, 5.74) is 5.56. The lowest BCUT2D eigenvalue weighted by Crippen LogP contribution is -2.28. The van der Waals surface area contributed by atoms with E-state index in [0.29, 0.717) is 13.1 Å². The largest absolute Gasteiger partial charge is 0.489 e. The standard InChI is InChI=1S/C26H32N2OS.C5H10O2/c1-5-23-17-24(12-13-26(23)29-19-22-10-8-20(2)9-11-22)21(3)28(15-14-27-4)18-25-7-6-16-30-25;1-5(2,3)7-4-6/h6-13,16-17,27H,3,5,14-15,18-19H2,1-2,4H3;4H,1-3H3. The molecule has 0 bridgehead atoms. The van der Waals surface area contributed by atoms with Crippen LogP contribution in [-0.2, 0) is 29.1 Å². The Morgan fingerprint density at radius 3 is 2.41 bits per heavy atom. The lowest BCUT2D eigenvalue weighted by Gasteiger charge is -2.27. The van der Waals surface area contributed by atoms with Crippen LogP contribution in [-0.4, -0.2) is 37.1 Å². The molecule has 0 atom stereocenters. The average molecular weight is 523 g/mol. The molecule has 3 rings (SSSR count). The minimum atomic E-state index is -0.318. The highest BCUT2D eigenvalue weighted by molar-refractivity contribution is 7.09. The van der Waals surface area contributed by atoms with Crippen LogP contribution in [0.2, 0.25) is 0 Å². The molecule has 5 nitrogen and oxygen atoms in total. The first-order valence-corrected chi connectivity index (χ1v) is 13.6. The maximum atomic E-state index is 9.60. The molecule has 1 N–H and O–H groups in total. The first-order valence-electron chi connectivity index (χ1n) is 12.7. The van der Waals surface area contributed by atoms with Crippen molar-refractivity contribution in [1.29, 1.82) is 0 Å². The third-order valence-corrected chi connectivity index (χ3v) is 6.49. The minimum absolute atomic E-state index is 0.318. The molecule has 0 radical (unpaired) electrons. The van der Waals surface area contributed by atoms with Crippen LogP contribution < -0.4 is 10.1 Å². The van der Waals surface area contributed by atoms with Gasteiger partial charge in [0.25, 0.3) is 6.47 Å². The van der Waals surface area contributed by atoms with Crippen LogP contribution in [0.1, 0.15) is 54.8 Å². The second-order valence-corrected chi connectivity index (χ2v) is 10.9. The van der Waals surface area contributed by atoms with E-state index < -0.39 is 0 Å². The van der Waals surface area contributed by atoms with Gasteiger partial charge in [-0.25, -0.2) is 0 Å². The minimum Gasteiger partial charge on any atom is -0.489 e. The van der Waals surface area contributed by atoms with Gasteiger partial charge in [0.1, 0.15) is 18.0 Å². The molecule has 200 valence electrons. The molecular weight excluding hydrogens is 480 g/mol. The van der Waals surface area contributed by atoms with Crippen molar-refractivity contribution in [3.05, 3.63) is 93.7 Å². The van der Waals surface area contributed by atoms with Gasteiger partial charge in [-0.3, -0.25) is 4.79 Å². The second-order valence-electron chi connectivity index (χ2n) is 9.83. The zero-order valence-corrected chi connectivity index (χ0v) is 24.0. The molecule has 0 amide bonds. The third kappa shape index (κ3) is 10.8. The number of nitrogens with zero attached hydrogens (tertiary/aromatic N) is 1. The summed E-state index contributed by atoms with van der Waals surface area (Å²) in [5.74, 6) is 0.953. The van der Waals surface area contributed by atoms with Gasteiger partial charge in [0.2, 0.25) is 0 Å². The van der Waals surface area contributed by atoms with Crippen LogP contribution in [0.5, 0.6) is 5.75 Å². The van der Waals surface area contributed by atoms with Crippen molar-refractivity contribution in [2.45, 2.75) is 59.8 Å². The van der Waals surface area contributed by atoms with E-state index in [1.54, 1.807) is 11.3 Å². The molecule has 37 heavy (non-hydrogen) atoms. The fraction of sp³-hybridized carbons (Fsp3) is 0.387. The Labute approximate surface area is 227 Å². The van der Waals surface area contributed by atoms with Crippen molar-refractivity contribution < 1.29 is 14.3 Å². The molecule has 0 spiro atoms. The number of hydrogen-bond acceptors (Lipinski definition) is 6. The number of carbonyl (C=O) groups is 1. The van der Waals surface area contributed by atoms with Gasteiger partial charge in [0, 0.05) is 23.7 Å². The number of hydrogen-bond donors (Lipinski definition) is 1. The number of aryl methyl sites for hydroxylation is 2. The number of nitrogens with one attached hydrogen (secondary N) is 1. The van der Waals surface area contributed by atoms with E-state index in [9.17, 15) is 4.79 Å². The molecule has 0 aliphatic rings. The van der Waals surface area contributed by atoms with Crippen molar-refractivity contribution in [3.63, 3.8) is 0 Å². The summed E-state index contributed by atoms with van der Waals surface area (Å²) in [6, 6.07) is 19.2. The maximum absolute atomic E-state index is 9.60. The Kier molecular flexibility index (Phi) is 12.4. The summed E-state index contributed by atoms with van der Waals surface area (Å²) in [5, 5.41) is 5.38. The fourth-order valence-electron chi connectivity index (χ4n) is 3.50. The van der Waals surface area contributed by atoms with E-state index >= 15 is 0 Å². The van der Waals surface area contributed by atoms with Gasteiger partial charge in [-0.05, 0) is 87.5 Å². The van der Waals surface area contributed by atoms with Crippen LogP contribution >= 0.6 is 11.3 Å². The summed E-state index contributed by atoms with van der Waals surface area (Å²) in [6.45, 7) is 17.9. The number of benzene rings is 2. The number of likely N-dealkylation sites (N-methyl/N-ethyl adjacent to an activating group) is 1. The van der Waals surface area contributed by atoms with Gasteiger partial charge < -0.3 is 19.7 Å². The lowest BCUT2D eigenvalue weighted by atomic mass is 10.0. The van der Waals surface area contributed by atoms with E-state index in [0.717, 1.165) is 43.1 Å². The highest BCUT2D eigenvalue weighted by atomic mass is 32.1. The summed E-state index contributed by atoms with van der Waals surface area (Å²) in [7, 11) is 1.99. The Bertz CT molecular complexity index is 1090. The molecule has 0 saturated heterocycles. The van der Waals surface area contributed by atoms with Crippen molar-refractivity contribution in [2.75, 3.05) is 20.1 Å². The van der Waals surface area contributed by atoms with E-state index in [1.807, 2.05) is 27.8 Å². The monoisotopic (exact) mass is 522 g/mol. The number of ether oxygens (including phenoxy) is 2. The van der Waals surface area contributed by atoms with Crippen LogP contribution in [0.15, 0.2) is 66.6 Å². The van der Waals surface area contributed by atoms with Gasteiger partial charge in [-0.1, -0.05) is 49.4 Å². The summed E-state index contributed by atoms with van der Waals surface area (Å²) in [4.78, 5) is 13.3. The highest BCUT2D eigenvalue weighted by Gasteiger charge is 2.13. The van der Waals surface area contributed by atoms with Gasteiger partial charge in [-0.15, -0.1) is 11.3 Å². The van der Waals surface area contributed by atoms with Crippen LogP contribution in [0.25, 0.3) is 5.70 Å². The normalized spacial score (nSPS) is 10.8. The van der Waals surface area contributed by atoms with Gasteiger partial charge in [-0.2, -0.15) is 0 Å². The van der Waals surface area contributed by atoms with E-state index in [4.69, 9.17) is 4.74 Å². The molecule has 1 heterocycles. The fourth-order valence-corrected chi connectivity index (χ4v) is 4.21. The summed E-state index contributed by atoms with van der Waals surface area (Å²) >= 11 is 1.79. The third-order valence-electron chi connectivity index (χ3n) is 5.63. The SMILES string of the molecule is C=C(c1ccc(OCc2ccc(C)cc2)c(CC)c1)N(CCNC)Cc1cccs1.CC(C)(C)OC=O. The van der Waals surface area contributed by atoms with Crippen molar-refractivity contribution in [2.24, 2.45) is 0 Å². The second kappa shape index (κ2) is 15.2. The first-order chi connectivity index (χ1) is 17.7. The van der Waals surface area contributed by atoms with Crippen LogP contribution in [0.4, 0.5) is 0 Å². The summed E-state index contributed by atoms with van der Waals surface area (Å²) < 4.78 is 10.7. The molecule has 0 fully saturated rings. The first kappa shape index (κ1) is 30.1. The smallest absolute Gasteiger partial charge is 0.293 e. The van der Waals surface area contributed by atoms with E-state index in [1.165, 1.54) is 21.6 Å². The molecule has 0 unspecified atom stereocenters. The molecule has 1 aromatic heterocycles. The lowest BCUT2D eigenvalue weighted by molar-refractivity contribution is -0.138. The van der Waals surface area contributed by atoms with Gasteiger partial charge in [0.05, 0.1) is 6.54 Å². The van der Waals surface area contributed by atoms with Gasteiger partial charge >= 0.3 is 0 Å². The Morgan fingerprint density at radius 1 is 1.14 bits per heavy atom. The zero-order valence-electron chi connectivity index (χ0n) is 23.2. The molecule has 3 aromatic rings. The number of carbonyl (C=O) groups excluding carboxylic acids is 1. The zero-order chi connectivity index (χ0) is 27.3. The quantitative estimate of drug-likeness (QED) is 0.264. The van der Waals surface area contributed by atoms with Crippen LogP contribution in [0, 0.1) is 6.92 Å². The van der Waals surface area contributed by atoms with Crippen molar-refractivity contribution in [3.8, 4) is 5.75 Å².